The summed E-state index contributed by atoms with van der Waals surface area (Å²) in [7, 11) is 3.37. The van der Waals surface area contributed by atoms with Gasteiger partial charge in [0.2, 0.25) is 11.1 Å². The number of aryl methyl sites for hydroxylation is 1. The maximum Gasteiger partial charge on any atom is 0.224 e. The van der Waals surface area contributed by atoms with E-state index in [1.54, 1.807) is 18.8 Å². The minimum Gasteiger partial charge on any atom is -0.495 e. The lowest BCUT2D eigenvalue weighted by Crippen LogP contribution is -2.12. The minimum absolute atomic E-state index is 0.0313. The Kier molecular flexibility index (Phi) is 5.56. The summed E-state index contributed by atoms with van der Waals surface area (Å²) in [6, 6.07) is 7.35. The number of thioether (sulfide) groups is 1. The molecule has 8 heteroatoms. The number of carbonyl (C=O) groups excluding carboxylic acids is 1. The summed E-state index contributed by atoms with van der Waals surface area (Å²) in [5.74, 6) is 1.41. The van der Waals surface area contributed by atoms with Gasteiger partial charge in [0.1, 0.15) is 5.75 Å². The number of aromatic nitrogens is 4. The van der Waals surface area contributed by atoms with Gasteiger partial charge in [0.05, 0.1) is 12.8 Å². The quantitative estimate of drug-likeness (QED) is 0.619. The predicted octanol–water partition coefficient (Wildman–Crippen LogP) is 1.73. The summed E-state index contributed by atoms with van der Waals surface area (Å²) < 4.78 is 6.80. The molecule has 1 N–H and O–H groups in total. The van der Waals surface area contributed by atoms with Crippen LogP contribution in [0.3, 0.4) is 0 Å². The molecule has 2 rings (SSSR count). The highest BCUT2D eigenvalue weighted by Gasteiger charge is 2.07. The van der Waals surface area contributed by atoms with Gasteiger partial charge in [0.15, 0.2) is 0 Å². The standard InChI is InChI=1S/C13H17N5O2S/c1-18-13(15-16-17-18)21-9-5-8-12(19)14-10-6-3-4-7-11(10)20-2/h3-4,6-7H,5,8-9H2,1-2H3,(H,14,19). The molecule has 0 radical (unpaired) electrons. The van der Waals surface area contributed by atoms with Crippen molar-refractivity contribution < 1.29 is 9.53 Å². The van der Waals surface area contributed by atoms with Crippen LogP contribution in [0.15, 0.2) is 29.4 Å². The van der Waals surface area contributed by atoms with Crippen molar-refractivity contribution in [2.24, 2.45) is 7.05 Å². The molecule has 1 heterocycles. The molecule has 0 unspecified atom stereocenters. The molecule has 21 heavy (non-hydrogen) atoms. The first-order chi connectivity index (χ1) is 10.2. The van der Waals surface area contributed by atoms with Crippen molar-refractivity contribution in [3.8, 4) is 5.75 Å². The van der Waals surface area contributed by atoms with Crippen molar-refractivity contribution in [2.45, 2.75) is 18.0 Å². The molecule has 1 aromatic heterocycles. The first-order valence-electron chi connectivity index (χ1n) is 6.48. The lowest BCUT2D eigenvalue weighted by atomic mass is 10.2. The number of anilines is 1. The van der Waals surface area contributed by atoms with Crippen LogP contribution in [0.2, 0.25) is 0 Å². The van der Waals surface area contributed by atoms with Crippen molar-refractivity contribution in [3.05, 3.63) is 24.3 Å². The van der Waals surface area contributed by atoms with E-state index in [1.807, 2.05) is 24.3 Å². The zero-order valence-corrected chi connectivity index (χ0v) is 12.8. The molecular formula is C13H17N5O2S. The first-order valence-corrected chi connectivity index (χ1v) is 7.47. The Morgan fingerprint density at radius 2 is 2.24 bits per heavy atom. The van der Waals surface area contributed by atoms with E-state index in [9.17, 15) is 4.79 Å². The number of methoxy groups -OCH3 is 1. The Bertz CT molecular complexity index is 602. The number of nitrogens with one attached hydrogen (secondary N) is 1. The summed E-state index contributed by atoms with van der Waals surface area (Å²) >= 11 is 1.53. The smallest absolute Gasteiger partial charge is 0.224 e. The van der Waals surface area contributed by atoms with E-state index in [4.69, 9.17) is 4.74 Å². The van der Waals surface area contributed by atoms with Crippen molar-refractivity contribution in [3.63, 3.8) is 0 Å². The second-order valence-electron chi connectivity index (χ2n) is 4.29. The van der Waals surface area contributed by atoms with E-state index in [1.165, 1.54) is 11.8 Å². The number of carbonyl (C=O) groups is 1. The van der Waals surface area contributed by atoms with Gasteiger partial charge < -0.3 is 10.1 Å². The molecule has 0 aliphatic rings. The highest BCUT2D eigenvalue weighted by atomic mass is 32.2. The third-order valence-electron chi connectivity index (χ3n) is 2.74. The fourth-order valence-corrected chi connectivity index (χ4v) is 2.49. The van der Waals surface area contributed by atoms with Gasteiger partial charge in [-0.15, -0.1) is 5.10 Å². The van der Waals surface area contributed by atoms with Gasteiger partial charge in [-0.1, -0.05) is 23.9 Å². The Morgan fingerprint density at radius 1 is 1.43 bits per heavy atom. The lowest BCUT2D eigenvalue weighted by molar-refractivity contribution is -0.116. The molecule has 1 amide bonds. The average Bonchev–Trinajstić information content (AvgIpc) is 2.89. The first kappa shape index (κ1) is 15.3. The predicted molar refractivity (Wildman–Crippen MR) is 80.4 cm³/mol. The van der Waals surface area contributed by atoms with Gasteiger partial charge in [-0.05, 0) is 29.0 Å². The number of hydrogen-bond acceptors (Lipinski definition) is 6. The molecular weight excluding hydrogens is 290 g/mol. The summed E-state index contributed by atoms with van der Waals surface area (Å²) in [5.41, 5.74) is 0.690. The molecule has 0 bridgehead atoms. The summed E-state index contributed by atoms with van der Waals surface area (Å²) in [5, 5.41) is 14.8. The van der Waals surface area contributed by atoms with Crippen LogP contribution in [0.1, 0.15) is 12.8 Å². The van der Waals surface area contributed by atoms with E-state index in [0.29, 0.717) is 17.9 Å². The fraction of sp³-hybridized carbons (Fsp3) is 0.385. The highest BCUT2D eigenvalue weighted by molar-refractivity contribution is 7.99. The number of hydrogen-bond donors (Lipinski definition) is 1. The van der Waals surface area contributed by atoms with Crippen LogP contribution in [-0.4, -0.2) is 39.0 Å². The molecule has 2 aromatic rings. The molecule has 7 nitrogen and oxygen atoms in total. The molecule has 112 valence electrons. The molecule has 0 atom stereocenters. The van der Waals surface area contributed by atoms with Gasteiger partial charge in [-0.25, -0.2) is 4.68 Å². The topological polar surface area (TPSA) is 81.9 Å². The molecule has 0 aliphatic heterocycles. The zero-order valence-electron chi connectivity index (χ0n) is 11.9. The second kappa shape index (κ2) is 7.63. The average molecular weight is 307 g/mol. The molecule has 0 fully saturated rings. The molecule has 0 saturated carbocycles. The van der Waals surface area contributed by atoms with Crippen LogP contribution in [0.5, 0.6) is 5.75 Å². The Labute approximate surface area is 127 Å². The molecule has 1 aromatic carbocycles. The van der Waals surface area contributed by atoms with E-state index in [0.717, 1.165) is 17.3 Å². The number of nitrogens with zero attached hydrogens (tertiary/aromatic N) is 4. The van der Waals surface area contributed by atoms with Crippen molar-refractivity contribution in [1.29, 1.82) is 0 Å². The van der Waals surface area contributed by atoms with Crippen LogP contribution in [0, 0.1) is 0 Å². The van der Waals surface area contributed by atoms with Gasteiger partial charge in [0, 0.05) is 19.2 Å². The number of rotatable bonds is 7. The fourth-order valence-electron chi connectivity index (χ4n) is 1.70. The van der Waals surface area contributed by atoms with E-state index in [-0.39, 0.29) is 5.91 Å². The summed E-state index contributed by atoms with van der Waals surface area (Å²) in [4.78, 5) is 11.9. The van der Waals surface area contributed by atoms with E-state index in [2.05, 4.69) is 20.8 Å². The SMILES string of the molecule is COc1ccccc1NC(=O)CCCSc1nnnn1C. The van der Waals surface area contributed by atoms with Gasteiger partial charge in [-0.3, -0.25) is 4.79 Å². The third kappa shape index (κ3) is 4.45. The van der Waals surface area contributed by atoms with Crippen LogP contribution < -0.4 is 10.1 Å². The monoisotopic (exact) mass is 307 g/mol. The zero-order chi connectivity index (χ0) is 15.1. The molecule has 0 saturated heterocycles. The minimum atomic E-state index is -0.0313. The maximum atomic E-state index is 11.9. The normalized spacial score (nSPS) is 10.4. The summed E-state index contributed by atoms with van der Waals surface area (Å²) in [6.45, 7) is 0. The largest absolute Gasteiger partial charge is 0.495 e. The van der Waals surface area contributed by atoms with Crippen molar-refractivity contribution in [2.75, 3.05) is 18.2 Å². The van der Waals surface area contributed by atoms with Crippen LogP contribution in [-0.2, 0) is 11.8 Å². The second-order valence-corrected chi connectivity index (χ2v) is 5.35. The van der Waals surface area contributed by atoms with E-state index >= 15 is 0 Å². The maximum absolute atomic E-state index is 11.9. The van der Waals surface area contributed by atoms with E-state index < -0.39 is 0 Å². The van der Waals surface area contributed by atoms with Crippen LogP contribution >= 0.6 is 11.8 Å². The number of benzene rings is 1. The number of para-hydroxylation sites is 2. The molecule has 0 spiro atoms. The lowest BCUT2D eigenvalue weighted by Gasteiger charge is -2.09. The third-order valence-corrected chi connectivity index (χ3v) is 3.84. The summed E-state index contributed by atoms with van der Waals surface area (Å²) in [6.07, 6.45) is 1.19. The molecule has 0 aliphatic carbocycles. The highest BCUT2D eigenvalue weighted by Crippen LogP contribution is 2.23. The van der Waals surface area contributed by atoms with Gasteiger partial charge in [0.25, 0.3) is 0 Å². The Balaban J connectivity index is 1.74. The Morgan fingerprint density at radius 3 is 2.95 bits per heavy atom. The van der Waals surface area contributed by atoms with Gasteiger partial charge >= 0.3 is 0 Å². The Hall–Kier alpha value is -2.09. The number of amides is 1. The van der Waals surface area contributed by atoms with Gasteiger partial charge in [-0.2, -0.15) is 0 Å². The number of tetrazole rings is 1. The van der Waals surface area contributed by atoms with Crippen molar-refractivity contribution >= 4 is 23.4 Å². The van der Waals surface area contributed by atoms with Crippen LogP contribution in [0.4, 0.5) is 5.69 Å². The van der Waals surface area contributed by atoms with Crippen LogP contribution in [0.25, 0.3) is 0 Å². The number of ether oxygens (including phenoxy) is 1. The van der Waals surface area contributed by atoms with Crippen molar-refractivity contribution in [1.82, 2.24) is 20.2 Å².